The quantitative estimate of drug-likeness (QED) is 0.666. The second-order valence-corrected chi connectivity index (χ2v) is 5.90. The van der Waals surface area contributed by atoms with Crippen molar-refractivity contribution >= 4 is 10.9 Å². The van der Waals surface area contributed by atoms with Crippen LogP contribution in [0.4, 0.5) is 0 Å². The predicted octanol–water partition coefficient (Wildman–Crippen LogP) is 3.99. The van der Waals surface area contributed by atoms with Crippen molar-refractivity contribution in [1.82, 2.24) is 15.0 Å². The highest BCUT2D eigenvalue weighted by molar-refractivity contribution is 5.92. The molecule has 0 amide bonds. The van der Waals surface area contributed by atoms with Crippen molar-refractivity contribution < 1.29 is 0 Å². The summed E-state index contributed by atoms with van der Waals surface area (Å²) < 4.78 is 0. The maximum atomic E-state index is 4.79. The number of para-hydroxylation sites is 1. The Balaban J connectivity index is 2.34. The van der Waals surface area contributed by atoms with Crippen LogP contribution in [0.2, 0.25) is 0 Å². The molecule has 0 atom stereocenters. The molecule has 2 aromatic heterocycles. The van der Waals surface area contributed by atoms with Gasteiger partial charge in [0.15, 0.2) is 0 Å². The largest absolute Gasteiger partial charge is 0.264 e. The number of aromatic nitrogens is 3. The standard InChI is InChI=1S/C17H17N3/c1-17(2,3)16-19-14-9-5-4-8-13(14)15(20-16)12-7-6-10-18-11-12/h4-11H,1-3H3. The van der Waals surface area contributed by atoms with E-state index in [1.165, 1.54) is 0 Å². The zero-order valence-electron chi connectivity index (χ0n) is 12.0. The van der Waals surface area contributed by atoms with Gasteiger partial charge in [-0.15, -0.1) is 0 Å². The summed E-state index contributed by atoms with van der Waals surface area (Å²) in [4.78, 5) is 13.7. The normalized spacial score (nSPS) is 11.8. The fourth-order valence-electron chi connectivity index (χ4n) is 2.13. The maximum Gasteiger partial charge on any atom is 0.135 e. The lowest BCUT2D eigenvalue weighted by Gasteiger charge is -2.18. The van der Waals surface area contributed by atoms with Gasteiger partial charge in [-0.05, 0) is 18.2 Å². The van der Waals surface area contributed by atoms with E-state index < -0.39 is 0 Å². The lowest BCUT2D eigenvalue weighted by atomic mass is 9.95. The van der Waals surface area contributed by atoms with Crippen LogP contribution >= 0.6 is 0 Å². The molecule has 3 heteroatoms. The van der Waals surface area contributed by atoms with Gasteiger partial charge >= 0.3 is 0 Å². The zero-order valence-corrected chi connectivity index (χ0v) is 12.0. The van der Waals surface area contributed by atoms with Gasteiger partial charge < -0.3 is 0 Å². The van der Waals surface area contributed by atoms with E-state index in [9.17, 15) is 0 Å². The van der Waals surface area contributed by atoms with Gasteiger partial charge in [-0.25, -0.2) is 9.97 Å². The molecule has 0 saturated carbocycles. The molecule has 0 N–H and O–H groups in total. The summed E-state index contributed by atoms with van der Waals surface area (Å²) in [6, 6.07) is 12.1. The Hall–Kier alpha value is -2.29. The number of nitrogens with zero attached hydrogens (tertiary/aromatic N) is 3. The van der Waals surface area contributed by atoms with E-state index in [0.717, 1.165) is 28.0 Å². The van der Waals surface area contributed by atoms with Crippen LogP contribution in [0.1, 0.15) is 26.6 Å². The highest BCUT2D eigenvalue weighted by atomic mass is 14.9. The summed E-state index contributed by atoms with van der Waals surface area (Å²) >= 11 is 0. The van der Waals surface area contributed by atoms with Crippen LogP contribution in [0.15, 0.2) is 48.8 Å². The van der Waals surface area contributed by atoms with Gasteiger partial charge in [0.05, 0.1) is 11.2 Å². The van der Waals surface area contributed by atoms with E-state index in [4.69, 9.17) is 9.97 Å². The SMILES string of the molecule is CC(C)(C)c1nc(-c2cccnc2)c2ccccc2n1. The Morgan fingerprint density at radius 3 is 2.40 bits per heavy atom. The van der Waals surface area contributed by atoms with Crippen molar-refractivity contribution in [1.29, 1.82) is 0 Å². The second-order valence-electron chi connectivity index (χ2n) is 5.90. The van der Waals surface area contributed by atoms with Crippen molar-refractivity contribution in [2.24, 2.45) is 0 Å². The molecule has 0 aliphatic rings. The van der Waals surface area contributed by atoms with E-state index in [2.05, 4.69) is 31.8 Å². The first-order chi connectivity index (χ1) is 9.55. The third kappa shape index (κ3) is 2.27. The first-order valence-corrected chi connectivity index (χ1v) is 6.73. The van der Waals surface area contributed by atoms with Crippen molar-refractivity contribution in [2.75, 3.05) is 0 Å². The average molecular weight is 263 g/mol. The first-order valence-electron chi connectivity index (χ1n) is 6.73. The first kappa shape index (κ1) is 12.7. The Morgan fingerprint density at radius 1 is 0.900 bits per heavy atom. The summed E-state index contributed by atoms with van der Waals surface area (Å²) in [7, 11) is 0. The molecular weight excluding hydrogens is 246 g/mol. The third-order valence-electron chi connectivity index (χ3n) is 3.21. The van der Waals surface area contributed by atoms with Gasteiger partial charge in [0.1, 0.15) is 5.82 Å². The minimum atomic E-state index is -0.0824. The second kappa shape index (κ2) is 4.67. The fourth-order valence-corrected chi connectivity index (χ4v) is 2.13. The van der Waals surface area contributed by atoms with E-state index >= 15 is 0 Å². The minimum Gasteiger partial charge on any atom is -0.264 e. The van der Waals surface area contributed by atoms with E-state index in [0.29, 0.717) is 0 Å². The molecule has 2 heterocycles. The van der Waals surface area contributed by atoms with Crippen LogP contribution in [-0.4, -0.2) is 15.0 Å². The van der Waals surface area contributed by atoms with Crippen LogP contribution in [-0.2, 0) is 5.41 Å². The summed E-state index contributed by atoms with van der Waals surface area (Å²) in [5, 5.41) is 1.06. The van der Waals surface area contributed by atoms with E-state index in [1.807, 2.05) is 36.5 Å². The number of fused-ring (bicyclic) bond motifs is 1. The Kier molecular flexibility index (Phi) is 2.97. The number of rotatable bonds is 1. The number of hydrogen-bond donors (Lipinski definition) is 0. The summed E-state index contributed by atoms with van der Waals surface area (Å²) in [6.07, 6.45) is 3.62. The molecule has 0 saturated heterocycles. The molecule has 1 aromatic carbocycles. The Morgan fingerprint density at radius 2 is 1.70 bits per heavy atom. The van der Waals surface area contributed by atoms with Crippen LogP contribution < -0.4 is 0 Å². The third-order valence-corrected chi connectivity index (χ3v) is 3.21. The molecule has 3 rings (SSSR count). The van der Waals surface area contributed by atoms with Crippen molar-refractivity contribution in [3.8, 4) is 11.3 Å². The zero-order chi connectivity index (χ0) is 14.2. The lowest BCUT2D eigenvalue weighted by molar-refractivity contribution is 0.549. The summed E-state index contributed by atoms with van der Waals surface area (Å²) in [6.45, 7) is 6.39. The number of hydrogen-bond acceptors (Lipinski definition) is 3. The lowest BCUT2D eigenvalue weighted by Crippen LogP contribution is -2.16. The molecule has 0 aliphatic heterocycles. The predicted molar refractivity (Wildman–Crippen MR) is 81.5 cm³/mol. The molecule has 3 nitrogen and oxygen atoms in total. The smallest absolute Gasteiger partial charge is 0.135 e. The van der Waals surface area contributed by atoms with Gasteiger partial charge in [-0.1, -0.05) is 39.0 Å². The van der Waals surface area contributed by atoms with Crippen LogP contribution in [0.3, 0.4) is 0 Å². The summed E-state index contributed by atoms with van der Waals surface area (Å²) in [5.74, 6) is 0.857. The molecule has 3 aromatic rings. The van der Waals surface area contributed by atoms with Gasteiger partial charge in [0, 0.05) is 28.8 Å². The van der Waals surface area contributed by atoms with Crippen molar-refractivity contribution in [3.05, 3.63) is 54.6 Å². The van der Waals surface area contributed by atoms with Crippen LogP contribution in [0.5, 0.6) is 0 Å². The maximum absolute atomic E-state index is 4.79. The molecule has 0 unspecified atom stereocenters. The van der Waals surface area contributed by atoms with Crippen molar-refractivity contribution in [2.45, 2.75) is 26.2 Å². The molecule has 0 bridgehead atoms. The topological polar surface area (TPSA) is 38.7 Å². The molecular formula is C17H17N3. The van der Waals surface area contributed by atoms with E-state index in [-0.39, 0.29) is 5.41 Å². The van der Waals surface area contributed by atoms with Gasteiger partial charge in [-0.2, -0.15) is 0 Å². The molecule has 0 aliphatic carbocycles. The summed E-state index contributed by atoms with van der Waals surface area (Å²) in [5.41, 5.74) is 2.87. The number of pyridine rings is 1. The number of benzene rings is 1. The van der Waals surface area contributed by atoms with Crippen molar-refractivity contribution in [3.63, 3.8) is 0 Å². The average Bonchev–Trinajstić information content (AvgIpc) is 2.46. The highest BCUT2D eigenvalue weighted by Gasteiger charge is 2.20. The van der Waals surface area contributed by atoms with Crippen LogP contribution in [0, 0.1) is 0 Å². The minimum absolute atomic E-state index is 0.0824. The fraction of sp³-hybridized carbons (Fsp3) is 0.235. The molecule has 100 valence electrons. The molecule has 20 heavy (non-hydrogen) atoms. The van der Waals surface area contributed by atoms with Crippen LogP contribution in [0.25, 0.3) is 22.2 Å². The Bertz CT molecular complexity index is 743. The molecule has 0 radical (unpaired) electrons. The Labute approximate surface area is 118 Å². The highest BCUT2D eigenvalue weighted by Crippen LogP contribution is 2.28. The van der Waals surface area contributed by atoms with E-state index in [1.54, 1.807) is 6.20 Å². The van der Waals surface area contributed by atoms with Gasteiger partial charge in [0.25, 0.3) is 0 Å². The van der Waals surface area contributed by atoms with Gasteiger partial charge in [-0.3, -0.25) is 4.98 Å². The molecule has 0 spiro atoms. The molecule has 0 fully saturated rings. The monoisotopic (exact) mass is 263 g/mol. The van der Waals surface area contributed by atoms with Gasteiger partial charge in [0.2, 0.25) is 0 Å².